The molecule has 0 aromatic heterocycles. The zero-order valence-corrected chi connectivity index (χ0v) is 14.8. The molecular weight excluding hydrogens is 346 g/mol. The standard InChI is InChI=1S/C18H18ClNO5/c1-10-4-5-15(11(2)6-10)25-9-16(21)20-14-8-12(18(22)23)7-13(19)17(14)24-3/h4-8H,9H2,1-3H3,(H,20,21)(H,22,23). The Labute approximate surface area is 150 Å². The van der Waals surface area contributed by atoms with Gasteiger partial charge in [-0.25, -0.2) is 4.79 Å². The van der Waals surface area contributed by atoms with E-state index in [0.29, 0.717) is 5.75 Å². The highest BCUT2D eigenvalue weighted by Gasteiger charge is 2.16. The summed E-state index contributed by atoms with van der Waals surface area (Å²) in [6.45, 7) is 3.62. The number of carbonyl (C=O) groups is 2. The van der Waals surface area contributed by atoms with E-state index in [-0.39, 0.29) is 28.6 Å². The summed E-state index contributed by atoms with van der Waals surface area (Å²) in [5.41, 5.74) is 2.12. The Balaban J connectivity index is 2.13. The molecule has 0 saturated carbocycles. The van der Waals surface area contributed by atoms with Gasteiger partial charge < -0.3 is 19.9 Å². The third-order valence-electron chi connectivity index (χ3n) is 3.46. The second-order valence-electron chi connectivity index (χ2n) is 5.45. The molecule has 0 unspecified atom stereocenters. The largest absolute Gasteiger partial charge is 0.493 e. The molecule has 0 heterocycles. The monoisotopic (exact) mass is 363 g/mol. The fraction of sp³-hybridized carbons (Fsp3) is 0.222. The normalized spacial score (nSPS) is 10.2. The molecule has 0 aliphatic rings. The van der Waals surface area contributed by atoms with Gasteiger partial charge in [-0.2, -0.15) is 0 Å². The highest BCUT2D eigenvalue weighted by atomic mass is 35.5. The number of amides is 1. The Bertz CT molecular complexity index is 819. The minimum absolute atomic E-state index is 0.0589. The van der Waals surface area contributed by atoms with Crippen molar-refractivity contribution >= 4 is 29.2 Å². The number of hydrogen-bond acceptors (Lipinski definition) is 4. The molecule has 0 saturated heterocycles. The lowest BCUT2D eigenvalue weighted by molar-refractivity contribution is -0.118. The van der Waals surface area contributed by atoms with E-state index in [1.165, 1.54) is 19.2 Å². The molecule has 0 aliphatic heterocycles. The minimum Gasteiger partial charge on any atom is -0.493 e. The van der Waals surface area contributed by atoms with E-state index in [1.807, 2.05) is 26.0 Å². The van der Waals surface area contributed by atoms with E-state index in [9.17, 15) is 9.59 Å². The lowest BCUT2D eigenvalue weighted by Gasteiger charge is -2.14. The summed E-state index contributed by atoms with van der Waals surface area (Å²) in [7, 11) is 1.38. The van der Waals surface area contributed by atoms with E-state index >= 15 is 0 Å². The van der Waals surface area contributed by atoms with Gasteiger partial charge in [-0.05, 0) is 37.6 Å². The molecule has 2 aromatic carbocycles. The van der Waals surface area contributed by atoms with E-state index in [0.717, 1.165) is 11.1 Å². The van der Waals surface area contributed by atoms with Crippen LogP contribution in [0.1, 0.15) is 21.5 Å². The van der Waals surface area contributed by atoms with Crippen LogP contribution >= 0.6 is 11.6 Å². The highest BCUT2D eigenvalue weighted by molar-refractivity contribution is 6.33. The van der Waals surface area contributed by atoms with Crippen molar-refractivity contribution in [1.82, 2.24) is 0 Å². The summed E-state index contributed by atoms with van der Waals surface area (Å²) in [6.07, 6.45) is 0. The molecule has 0 fully saturated rings. The average molecular weight is 364 g/mol. The molecular formula is C18H18ClNO5. The number of carbonyl (C=O) groups excluding carboxylic acids is 1. The molecule has 6 nitrogen and oxygen atoms in total. The molecule has 0 bridgehead atoms. The van der Waals surface area contributed by atoms with Crippen LogP contribution in [0.3, 0.4) is 0 Å². The molecule has 132 valence electrons. The Morgan fingerprint density at radius 1 is 1.20 bits per heavy atom. The van der Waals surface area contributed by atoms with Gasteiger partial charge in [0.25, 0.3) is 5.91 Å². The zero-order chi connectivity index (χ0) is 18.6. The van der Waals surface area contributed by atoms with Crippen molar-refractivity contribution in [2.24, 2.45) is 0 Å². The molecule has 2 aromatic rings. The summed E-state index contributed by atoms with van der Waals surface area (Å²) in [5.74, 6) is -0.833. The summed E-state index contributed by atoms with van der Waals surface area (Å²) >= 11 is 6.00. The van der Waals surface area contributed by atoms with Crippen molar-refractivity contribution in [3.8, 4) is 11.5 Å². The summed E-state index contributed by atoms with van der Waals surface area (Å²) in [5, 5.41) is 11.8. The van der Waals surface area contributed by atoms with Gasteiger partial charge in [0.1, 0.15) is 5.75 Å². The lowest BCUT2D eigenvalue weighted by Crippen LogP contribution is -2.21. The van der Waals surface area contributed by atoms with Crippen molar-refractivity contribution in [2.75, 3.05) is 19.0 Å². The van der Waals surface area contributed by atoms with Crippen LogP contribution in [0.2, 0.25) is 5.02 Å². The Kier molecular flexibility index (Phi) is 5.88. The predicted octanol–water partition coefficient (Wildman–Crippen LogP) is 3.68. The van der Waals surface area contributed by atoms with E-state index in [1.54, 1.807) is 6.07 Å². The first kappa shape index (κ1) is 18.6. The molecule has 2 rings (SSSR count). The van der Waals surface area contributed by atoms with Crippen LogP contribution in [0.15, 0.2) is 30.3 Å². The van der Waals surface area contributed by atoms with Crippen LogP contribution in [0.25, 0.3) is 0 Å². The molecule has 2 N–H and O–H groups in total. The lowest BCUT2D eigenvalue weighted by atomic mass is 10.1. The van der Waals surface area contributed by atoms with E-state index in [4.69, 9.17) is 26.2 Å². The number of carboxylic acids is 1. The van der Waals surface area contributed by atoms with Gasteiger partial charge in [0.15, 0.2) is 12.4 Å². The van der Waals surface area contributed by atoms with Gasteiger partial charge in [0.2, 0.25) is 0 Å². The van der Waals surface area contributed by atoms with Crippen molar-refractivity contribution in [3.05, 3.63) is 52.0 Å². The van der Waals surface area contributed by atoms with E-state index < -0.39 is 11.9 Å². The summed E-state index contributed by atoms with van der Waals surface area (Å²) in [4.78, 5) is 23.3. The topological polar surface area (TPSA) is 84.9 Å². The number of anilines is 1. The van der Waals surface area contributed by atoms with Gasteiger partial charge in [-0.1, -0.05) is 29.3 Å². The molecule has 0 aliphatic carbocycles. The molecule has 0 radical (unpaired) electrons. The van der Waals surface area contributed by atoms with Crippen molar-refractivity contribution in [1.29, 1.82) is 0 Å². The fourth-order valence-corrected chi connectivity index (χ4v) is 2.60. The number of hydrogen-bond donors (Lipinski definition) is 2. The third-order valence-corrected chi connectivity index (χ3v) is 3.74. The van der Waals surface area contributed by atoms with Crippen LogP contribution in [0.5, 0.6) is 11.5 Å². The number of carboxylic acid groups (broad SMARTS) is 1. The van der Waals surface area contributed by atoms with Crippen molar-refractivity contribution in [3.63, 3.8) is 0 Å². The maximum absolute atomic E-state index is 12.1. The smallest absolute Gasteiger partial charge is 0.335 e. The van der Waals surface area contributed by atoms with Gasteiger partial charge in [0, 0.05) is 0 Å². The maximum atomic E-state index is 12.1. The first-order chi connectivity index (χ1) is 11.8. The van der Waals surface area contributed by atoms with Gasteiger partial charge in [0.05, 0.1) is 23.4 Å². The SMILES string of the molecule is COc1c(Cl)cc(C(=O)O)cc1NC(=O)COc1ccc(C)cc1C. The maximum Gasteiger partial charge on any atom is 0.335 e. The number of methoxy groups -OCH3 is 1. The fourth-order valence-electron chi connectivity index (χ4n) is 2.31. The van der Waals surface area contributed by atoms with Crippen LogP contribution in [-0.2, 0) is 4.79 Å². The molecule has 1 amide bonds. The second kappa shape index (κ2) is 7.90. The second-order valence-corrected chi connectivity index (χ2v) is 5.86. The van der Waals surface area contributed by atoms with Crippen LogP contribution < -0.4 is 14.8 Å². The number of halogens is 1. The Hall–Kier alpha value is -2.73. The number of rotatable bonds is 6. The molecule has 25 heavy (non-hydrogen) atoms. The van der Waals surface area contributed by atoms with Gasteiger partial charge in [-0.3, -0.25) is 4.79 Å². The first-order valence-electron chi connectivity index (χ1n) is 7.42. The van der Waals surface area contributed by atoms with Crippen molar-refractivity contribution in [2.45, 2.75) is 13.8 Å². The Morgan fingerprint density at radius 2 is 1.92 bits per heavy atom. The number of nitrogens with one attached hydrogen (secondary N) is 1. The van der Waals surface area contributed by atoms with Crippen molar-refractivity contribution < 1.29 is 24.2 Å². The minimum atomic E-state index is -1.16. The highest BCUT2D eigenvalue weighted by Crippen LogP contribution is 2.34. The number of aromatic carboxylic acids is 1. The average Bonchev–Trinajstić information content (AvgIpc) is 2.53. The van der Waals surface area contributed by atoms with Gasteiger partial charge in [-0.15, -0.1) is 0 Å². The quantitative estimate of drug-likeness (QED) is 0.817. The predicted molar refractivity (Wildman–Crippen MR) is 95.0 cm³/mol. The van der Waals surface area contributed by atoms with Gasteiger partial charge >= 0.3 is 5.97 Å². The molecule has 0 spiro atoms. The van der Waals surface area contributed by atoms with Crippen LogP contribution in [-0.4, -0.2) is 30.7 Å². The van der Waals surface area contributed by atoms with E-state index in [2.05, 4.69) is 5.32 Å². The number of ether oxygens (including phenoxy) is 2. The van der Waals surface area contributed by atoms with Crippen LogP contribution in [0, 0.1) is 13.8 Å². The number of aryl methyl sites for hydroxylation is 2. The Morgan fingerprint density at radius 3 is 2.52 bits per heavy atom. The third kappa shape index (κ3) is 4.64. The number of benzene rings is 2. The molecule has 7 heteroatoms. The molecule has 0 atom stereocenters. The summed E-state index contributed by atoms with van der Waals surface area (Å²) in [6, 6.07) is 8.17. The summed E-state index contributed by atoms with van der Waals surface area (Å²) < 4.78 is 10.6. The van der Waals surface area contributed by atoms with Crippen LogP contribution in [0.4, 0.5) is 5.69 Å². The first-order valence-corrected chi connectivity index (χ1v) is 7.80. The zero-order valence-electron chi connectivity index (χ0n) is 14.1.